The molecule has 26 heavy (non-hydrogen) atoms. The number of hydrazone groups is 1. The van der Waals surface area contributed by atoms with Crippen molar-refractivity contribution in [1.82, 2.24) is 5.43 Å². The van der Waals surface area contributed by atoms with E-state index in [1.807, 2.05) is 0 Å². The molecule has 0 fully saturated rings. The van der Waals surface area contributed by atoms with E-state index >= 15 is 0 Å². The quantitative estimate of drug-likeness (QED) is 0.295. The summed E-state index contributed by atoms with van der Waals surface area (Å²) in [6, 6.07) is 9.67. The lowest BCUT2D eigenvalue weighted by molar-refractivity contribution is -0.384. The average molecular weight is 439 g/mol. The van der Waals surface area contributed by atoms with Crippen molar-refractivity contribution < 1.29 is 14.4 Å². The van der Waals surface area contributed by atoms with Crippen LogP contribution in [0.15, 0.2) is 46.0 Å². The van der Waals surface area contributed by atoms with Crippen molar-refractivity contribution in [3.8, 4) is 11.5 Å². The van der Waals surface area contributed by atoms with Crippen LogP contribution in [-0.4, -0.2) is 23.4 Å². The molecule has 0 aliphatic rings. The second-order valence-electron chi connectivity index (χ2n) is 4.98. The van der Waals surface area contributed by atoms with Gasteiger partial charge in [0.15, 0.2) is 16.6 Å². The van der Waals surface area contributed by atoms with Crippen molar-refractivity contribution in [1.29, 1.82) is 0 Å². The molecule has 0 radical (unpaired) electrons. The van der Waals surface area contributed by atoms with Gasteiger partial charge in [-0.1, -0.05) is 0 Å². The number of benzene rings is 2. The van der Waals surface area contributed by atoms with Crippen molar-refractivity contribution in [3.05, 3.63) is 62.1 Å². The summed E-state index contributed by atoms with van der Waals surface area (Å²) in [5, 5.41) is 14.6. The Morgan fingerprint density at radius 3 is 2.69 bits per heavy atom. The summed E-state index contributed by atoms with van der Waals surface area (Å²) in [5.41, 5.74) is 9.32. The Hall–Kier alpha value is -2.72. The van der Waals surface area contributed by atoms with Gasteiger partial charge >= 0.3 is 0 Å². The zero-order chi connectivity index (χ0) is 19.1. The number of non-ortho nitro benzene ring substituents is 1. The molecule has 0 spiro atoms. The first kappa shape index (κ1) is 19.6. The van der Waals surface area contributed by atoms with Crippen LogP contribution in [0.2, 0.25) is 0 Å². The van der Waals surface area contributed by atoms with Gasteiger partial charge in [0.2, 0.25) is 0 Å². The van der Waals surface area contributed by atoms with E-state index < -0.39 is 4.92 Å². The van der Waals surface area contributed by atoms with E-state index in [2.05, 4.69) is 38.7 Å². The maximum atomic E-state index is 10.7. The number of rotatable bonds is 7. The minimum Gasteiger partial charge on any atom is -0.493 e. The Morgan fingerprint density at radius 2 is 2.12 bits per heavy atom. The van der Waals surface area contributed by atoms with Gasteiger partial charge in [0.25, 0.3) is 5.69 Å². The lowest BCUT2D eigenvalue weighted by Gasteiger charge is -2.13. The van der Waals surface area contributed by atoms with Crippen LogP contribution in [0.5, 0.6) is 11.5 Å². The van der Waals surface area contributed by atoms with Crippen molar-refractivity contribution >= 4 is 45.2 Å². The van der Waals surface area contributed by atoms with E-state index in [-0.39, 0.29) is 17.4 Å². The normalized spacial score (nSPS) is 10.5. The minimum atomic E-state index is -0.448. The van der Waals surface area contributed by atoms with E-state index in [0.717, 1.165) is 11.1 Å². The second-order valence-corrected chi connectivity index (χ2v) is 6.27. The molecule has 3 N–H and O–H groups in total. The number of hydrogen-bond donors (Lipinski definition) is 2. The molecule has 0 atom stereocenters. The molecule has 0 unspecified atom stereocenters. The maximum Gasteiger partial charge on any atom is 0.269 e. The zero-order valence-corrected chi connectivity index (χ0v) is 16.0. The fourth-order valence-electron chi connectivity index (χ4n) is 1.99. The van der Waals surface area contributed by atoms with Gasteiger partial charge in [0, 0.05) is 12.1 Å². The third-order valence-corrected chi connectivity index (χ3v) is 3.85. The van der Waals surface area contributed by atoms with Gasteiger partial charge in [-0.05, 0) is 63.5 Å². The molecule has 2 rings (SSSR count). The molecule has 0 saturated heterocycles. The molecule has 2 aromatic rings. The summed E-state index contributed by atoms with van der Waals surface area (Å²) in [6.45, 7) is 0.226. The van der Waals surface area contributed by atoms with Crippen LogP contribution in [0.3, 0.4) is 0 Å². The van der Waals surface area contributed by atoms with Gasteiger partial charge < -0.3 is 15.2 Å². The molecule has 0 aromatic heterocycles. The summed E-state index contributed by atoms with van der Waals surface area (Å²) in [7, 11) is 1.52. The molecular formula is C16H15BrN4O4S. The molecule has 0 amide bonds. The largest absolute Gasteiger partial charge is 0.493 e. The van der Waals surface area contributed by atoms with Crippen molar-refractivity contribution in [2.24, 2.45) is 10.8 Å². The Kier molecular flexibility index (Phi) is 6.87. The van der Waals surface area contributed by atoms with Gasteiger partial charge in [0.1, 0.15) is 6.61 Å². The molecular weight excluding hydrogens is 424 g/mol. The molecule has 0 aliphatic carbocycles. The van der Waals surface area contributed by atoms with Gasteiger partial charge in [0.05, 0.1) is 22.7 Å². The highest BCUT2D eigenvalue weighted by molar-refractivity contribution is 9.10. The van der Waals surface area contributed by atoms with Gasteiger partial charge in [-0.15, -0.1) is 0 Å². The van der Waals surface area contributed by atoms with Crippen molar-refractivity contribution in [2.45, 2.75) is 6.61 Å². The first-order valence-electron chi connectivity index (χ1n) is 7.23. The van der Waals surface area contributed by atoms with Crippen molar-refractivity contribution in [3.63, 3.8) is 0 Å². The average Bonchev–Trinajstić information content (AvgIpc) is 2.60. The lowest BCUT2D eigenvalue weighted by Crippen LogP contribution is -2.23. The topological polar surface area (TPSA) is 112 Å². The highest BCUT2D eigenvalue weighted by atomic mass is 79.9. The predicted molar refractivity (Wildman–Crippen MR) is 106 cm³/mol. The van der Waals surface area contributed by atoms with Crippen LogP contribution in [0.25, 0.3) is 0 Å². The van der Waals surface area contributed by atoms with E-state index in [4.69, 9.17) is 15.2 Å². The Labute approximate surface area is 163 Å². The highest BCUT2D eigenvalue weighted by Gasteiger charge is 2.12. The summed E-state index contributed by atoms with van der Waals surface area (Å²) >= 11 is 8.11. The molecule has 0 aliphatic heterocycles. The maximum absolute atomic E-state index is 10.7. The Morgan fingerprint density at radius 1 is 1.42 bits per heavy atom. The Balaban J connectivity index is 2.14. The third-order valence-electron chi connectivity index (χ3n) is 3.17. The monoisotopic (exact) mass is 438 g/mol. The molecule has 0 saturated carbocycles. The number of nitrogens with one attached hydrogen (secondary N) is 1. The van der Waals surface area contributed by atoms with Gasteiger partial charge in [-0.2, -0.15) is 5.10 Å². The van der Waals surface area contributed by atoms with Crippen LogP contribution in [0.1, 0.15) is 11.1 Å². The SMILES string of the molecule is COc1cc(/C=N\NC(N)=S)cc(Br)c1OCc1ccc([N+](=O)[O-])cc1. The fraction of sp³-hybridized carbons (Fsp3) is 0.125. The van der Waals surface area contributed by atoms with E-state index in [1.165, 1.54) is 25.5 Å². The number of halogens is 1. The number of thiocarbonyl (C=S) groups is 1. The molecule has 8 nitrogen and oxygen atoms in total. The number of nitrogens with two attached hydrogens (primary N) is 1. The zero-order valence-electron chi connectivity index (χ0n) is 13.6. The summed E-state index contributed by atoms with van der Waals surface area (Å²) in [5.74, 6) is 1.00. The smallest absolute Gasteiger partial charge is 0.269 e. The van der Waals surface area contributed by atoms with E-state index in [0.29, 0.717) is 16.0 Å². The highest BCUT2D eigenvalue weighted by Crippen LogP contribution is 2.36. The minimum absolute atomic E-state index is 0.0294. The van der Waals surface area contributed by atoms with Crippen LogP contribution < -0.4 is 20.6 Å². The predicted octanol–water partition coefficient (Wildman–Crippen LogP) is 3.11. The summed E-state index contributed by atoms with van der Waals surface area (Å²) in [6.07, 6.45) is 1.53. The first-order chi connectivity index (χ1) is 12.4. The van der Waals surface area contributed by atoms with Gasteiger partial charge in [-0.25, -0.2) is 0 Å². The number of methoxy groups -OCH3 is 1. The van der Waals surface area contributed by atoms with Crippen LogP contribution in [0, 0.1) is 10.1 Å². The van der Waals surface area contributed by atoms with E-state index in [9.17, 15) is 10.1 Å². The summed E-state index contributed by atoms with van der Waals surface area (Å²) in [4.78, 5) is 10.2. The Bertz CT molecular complexity index is 843. The van der Waals surface area contributed by atoms with E-state index in [1.54, 1.807) is 24.3 Å². The number of nitro benzene ring substituents is 1. The van der Waals surface area contributed by atoms with Crippen LogP contribution >= 0.6 is 28.1 Å². The van der Waals surface area contributed by atoms with Crippen molar-refractivity contribution in [2.75, 3.05) is 7.11 Å². The molecule has 136 valence electrons. The molecule has 0 bridgehead atoms. The fourth-order valence-corrected chi connectivity index (χ4v) is 2.62. The van der Waals surface area contributed by atoms with Crippen LogP contribution in [0.4, 0.5) is 5.69 Å². The van der Waals surface area contributed by atoms with Crippen LogP contribution in [-0.2, 0) is 6.61 Å². The number of nitro groups is 1. The number of ether oxygens (including phenoxy) is 2. The third kappa shape index (κ3) is 5.39. The first-order valence-corrected chi connectivity index (χ1v) is 8.43. The number of hydrogen-bond acceptors (Lipinski definition) is 6. The number of nitrogens with zero attached hydrogens (tertiary/aromatic N) is 2. The lowest BCUT2D eigenvalue weighted by atomic mass is 10.2. The van der Waals surface area contributed by atoms with Gasteiger partial charge in [-0.3, -0.25) is 15.5 Å². The summed E-state index contributed by atoms with van der Waals surface area (Å²) < 4.78 is 11.8. The molecule has 0 heterocycles. The molecule has 2 aromatic carbocycles. The standard InChI is InChI=1S/C16H15BrN4O4S/c1-24-14-7-11(8-19-20-16(18)26)6-13(17)15(14)25-9-10-2-4-12(5-3-10)21(22)23/h2-8H,9H2,1H3,(H3,18,20,26)/b19-8-. The molecule has 10 heteroatoms. The second kappa shape index (κ2) is 9.11.